The molecule has 0 aliphatic rings. The summed E-state index contributed by atoms with van der Waals surface area (Å²) in [5, 5.41) is 11.9. The predicted octanol–water partition coefficient (Wildman–Crippen LogP) is 1.30. The van der Waals surface area contributed by atoms with Crippen molar-refractivity contribution in [3.8, 4) is 5.88 Å². The molecule has 5 heteroatoms. The Morgan fingerprint density at radius 2 is 2.29 bits per heavy atom. The molecule has 1 aromatic heterocycles. The van der Waals surface area contributed by atoms with E-state index in [0.29, 0.717) is 5.88 Å². The molecule has 2 N–H and O–H groups in total. The third kappa shape index (κ3) is 6.51. The molecule has 0 aromatic carbocycles. The van der Waals surface area contributed by atoms with E-state index in [1.807, 2.05) is 30.0 Å². The van der Waals surface area contributed by atoms with Crippen molar-refractivity contribution in [3.63, 3.8) is 0 Å². The third-order valence-corrected chi connectivity index (χ3v) is 3.24. The molecule has 0 fully saturated rings. The summed E-state index contributed by atoms with van der Waals surface area (Å²) in [5.74, 6) is 2.74. The number of ether oxygens (including phenoxy) is 1. The van der Waals surface area contributed by atoms with Gasteiger partial charge in [-0.1, -0.05) is 6.07 Å². The molecule has 0 saturated heterocycles. The van der Waals surface area contributed by atoms with Crippen LogP contribution in [-0.4, -0.2) is 41.9 Å². The maximum atomic E-state index is 8.62. The van der Waals surface area contributed by atoms with Crippen molar-refractivity contribution in [2.24, 2.45) is 0 Å². The van der Waals surface area contributed by atoms with Gasteiger partial charge in [0.1, 0.15) is 0 Å². The third-order valence-electron chi connectivity index (χ3n) is 2.17. The molecular formula is C12H20N2O2S. The number of pyridine rings is 1. The number of rotatable bonds is 9. The second-order valence-corrected chi connectivity index (χ2v) is 4.76. The molecule has 1 rings (SSSR count). The SMILES string of the molecule is COc1cccc(CNCCSCCCO)n1. The summed E-state index contributed by atoms with van der Waals surface area (Å²) >= 11 is 1.85. The number of aromatic nitrogens is 1. The van der Waals surface area contributed by atoms with Crippen LogP contribution in [0.25, 0.3) is 0 Å². The Balaban J connectivity index is 2.09. The van der Waals surface area contributed by atoms with E-state index in [1.165, 1.54) is 0 Å². The van der Waals surface area contributed by atoms with Crippen LogP contribution in [0, 0.1) is 0 Å². The van der Waals surface area contributed by atoms with Crippen molar-refractivity contribution >= 4 is 11.8 Å². The average molecular weight is 256 g/mol. The smallest absolute Gasteiger partial charge is 0.213 e. The molecule has 1 aromatic rings. The first kappa shape index (κ1) is 14.3. The molecule has 0 unspecified atom stereocenters. The Morgan fingerprint density at radius 1 is 1.41 bits per heavy atom. The molecule has 17 heavy (non-hydrogen) atoms. The van der Waals surface area contributed by atoms with Crippen molar-refractivity contribution < 1.29 is 9.84 Å². The molecule has 0 atom stereocenters. The summed E-state index contributed by atoms with van der Waals surface area (Å²) in [4.78, 5) is 4.31. The van der Waals surface area contributed by atoms with Gasteiger partial charge in [-0.05, 0) is 18.2 Å². The molecule has 0 bridgehead atoms. The van der Waals surface area contributed by atoms with E-state index >= 15 is 0 Å². The zero-order chi connectivity index (χ0) is 12.3. The summed E-state index contributed by atoms with van der Waals surface area (Å²) in [6, 6.07) is 5.77. The lowest BCUT2D eigenvalue weighted by Crippen LogP contribution is -2.17. The number of nitrogens with one attached hydrogen (secondary N) is 1. The van der Waals surface area contributed by atoms with E-state index in [0.717, 1.165) is 36.7 Å². The van der Waals surface area contributed by atoms with Crippen LogP contribution in [0.4, 0.5) is 0 Å². The molecular weight excluding hydrogens is 236 g/mol. The van der Waals surface area contributed by atoms with E-state index in [2.05, 4.69) is 10.3 Å². The number of thioether (sulfide) groups is 1. The number of hydrogen-bond donors (Lipinski definition) is 2. The first-order chi connectivity index (χ1) is 8.36. The Bertz CT molecular complexity index is 310. The molecule has 96 valence electrons. The van der Waals surface area contributed by atoms with E-state index in [4.69, 9.17) is 9.84 Å². The van der Waals surface area contributed by atoms with Crippen LogP contribution in [0.2, 0.25) is 0 Å². The minimum absolute atomic E-state index is 0.286. The Kier molecular flexibility index (Phi) is 7.79. The molecule has 0 radical (unpaired) electrons. The fourth-order valence-electron chi connectivity index (χ4n) is 1.30. The van der Waals surface area contributed by atoms with Gasteiger partial charge in [-0.3, -0.25) is 0 Å². The van der Waals surface area contributed by atoms with E-state index in [1.54, 1.807) is 7.11 Å². The van der Waals surface area contributed by atoms with Gasteiger partial charge in [0.15, 0.2) is 0 Å². The lowest BCUT2D eigenvalue weighted by atomic mass is 10.3. The van der Waals surface area contributed by atoms with Crippen LogP contribution in [0.5, 0.6) is 5.88 Å². The fourth-order valence-corrected chi connectivity index (χ4v) is 2.13. The standard InChI is InChI=1S/C12H20N2O2S/c1-16-12-5-2-4-11(14-12)10-13-6-9-17-8-3-7-15/h2,4-5,13,15H,3,6-10H2,1H3. The quantitative estimate of drug-likeness (QED) is 0.652. The number of hydrogen-bond acceptors (Lipinski definition) is 5. The normalized spacial score (nSPS) is 10.5. The van der Waals surface area contributed by atoms with Gasteiger partial charge >= 0.3 is 0 Å². The Labute approximate surface area is 107 Å². The molecule has 0 saturated carbocycles. The minimum atomic E-state index is 0.286. The molecule has 0 amide bonds. The lowest BCUT2D eigenvalue weighted by Gasteiger charge is -2.05. The fraction of sp³-hybridized carbons (Fsp3) is 0.583. The highest BCUT2D eigenvalue weighted by atomic mass is 32.2. The maximum absolute atomic E-state index is 8.62. The van der Waals surface area contributed by atoms with E-state index in [9.17, 15) is 0 Å². The summed E-state index contributed by atoms with van der Waals surface area (Å²) in [7, 11) is 1.62. The topological polar surface area (TPSA) is 54.4 Å². The van der Waals surface area contributed by atoms with Gasteiger partial charge in [0.25, 0.3) is 0 Å². The largest absolute Gasteiger partial charge is 0.481 e. The number of methoxy groups -OCH3 is 1. The highest BCUT2D eigenvalue weighted by Gasteiger charge is 1.97. The van der Waals surface area contributed by atoms with Gasteiger partial charge < -0.3 is 15.2 Å². The monoisotopic (exact) mass is 256 g/mol. The van der Waals surface area contributed by atoms with Crippen LogP contribution in [0.3, 0.4) is 0 Å². The van der Waals surface area contributed by atoms with Gasteiger partial charge in [-0.15, -0.1) is 0 Å². The van der Waals surface area contributed by atoms with Gasteiger partial charge in [-0.2, -0.15) is 11.8 Å². The van der Waals surface area contributed by atoms with Crippen LogP contribution < -0.4 is 10.1 Å². The molecule has 0 aliphatic heterocycles. The number of aliphatic hydroxyl groups excluding tert-OH is 1. The summed E-state index contributed by atoms with van der Waals surface area (Å²) in [6.07, 6.45) is 0.877. The Morgan fingerprint density at radius 3 is 3.06 bits per heavy atom. The van der Waals surface area contributed by atoms with Crippen LogP contribution in [0.15, 0.2) is 18.2 Å². The van der Waals surface area contributed by atoms with Gasteiger partial charge in [0.2, 0.25) is 5.88 Å². The molecule has 1 heterocycles. The van der Waals surface area contributed by atoms with Gasteiger partial charge in [-0.25, -0.2) is 4.98 Å². The second kappa shape index (κ2) is 9.27. The van der Waals surface area contributed by atoms with Crippen molar-refractivity contribution in [2.75, 3.05) is 31.8 Å². The van der Waals surface area contributed by atoms with E-state index in [-0.39, 0.29) is 6.61 Å². The highest BCUT2D eigenvalue weighted by molar-refractivity contribution is 7.99. The van der Waals surface area contributed by atoms with Crippen LogP contribution in [0.1, 0.15) is 12.1 Å². The minimum Gasteiger partial charge on any atom is -0.481 e. The summed E-state index contributed by atoms with van der Waals surface area (Å²) in [6.45, 7) is 2.00. The highest BCUT2D eigenvalue weighted by Crippen LogP contribution is 2.06. The second-order valence-electron chi connectivity index (χ2n) is 3.54. The number of nitrogens with zero attached hydrogens (tertiary/aromatic N) is 1. The van der Waals surface area contributed by atoms with E-state index < -0.39 is 0 Å². The molecule has 4 nitrogen and oxygen atoms in total. The first-order valence-electron chi connectivity index (χ1n) is 5.76. The summed E-state index contributed by atoms with van der Waals surface area (Å²) in [5.41, 5.74) is 0.990. The van der Waals surface area contributed by atoms with Crippen molar-refractivity contribution in [1.82, 2.24) is 10.3 Å². The van der Waals surface area contributed by atoms with Gasteiger partial charge in [0, 0.05) is 31.5 Å². The zero-order valence-corrected chi connectivity index (χ0v) is 11.0. The van der Waals surface area contributed by atoms with Crippen molar-refractivity contribution in [2.45, 2.75) is 13.0 Å². The predicted molar refractivity (Wildman–Crippen MR) is 71.5 cm³/mol. The average Bonchev–Trinajstić information content (AvgIpc) is 2.38. The van der Waals surface area contributed by atoms with Crippen molar-refractivity contribution in [3.05, 3.63) is 23.9 Å². The zero-order valence-electron chi connectivity index (χ0n) is 10.2. The van der Waals surface area contributed by atoms with Crippen LogP contribution in [-0.2, 0) is 6.54 Å². The molecule has 0 spiro atoms. The lowest BCUT2D eigenvalue weighted by molar-refractivity contribution is 0.296. The summed E-state index contributed by atoms with van der Waals surface area (Å²) < 4.78 is 5.06. The van der Waals surface area contributed by atoms with Gasteiger partial charge in [0.05, 0.1) is 12.8 Å². The first-order valence-corrected chi connectivity index (χ1v) is 6.91. The molecule has 0 aliphatic carbocycles. The Hall–Kier alpha value is -0.780. The number of aliphatic hydroxyl groups is 1. The maximum Gasteiger partial charge on any atom is 0.213 e. The van der Waals surface area contributed by atoms with Crippen LogP contribution >= 0.6 is 11.8 Å². The van der Waals surface area contributed by atoms with Crippen molar-refractivity contribution in [1.29, 1.82) is 0 Å².